The van der Waals surface area contributed by atoms with E-state index in [-0.39, 0.29) is 0 Å². The number of fused-ring (bicyclic) bond motifs is 1. The van der Waals surface area contributed by atoms with E-state index in [1.807, 2.05) is 12.1 Å². The molecule has 0 radical (unpaired) electrons. The predicted molar refractivity (Wildman–Crippen MR) is 75.9 cm³/mol. The minimum atomic E-state index is 0.805. The molecule has 1 unspecified atom stereocenters. The van der Waals surface area contributed by atoms with Gasteiger partial charge < -0.3 is 0 Å². The summed E-state index contributed by atoms with van der Waals surface area (Å²) < 4.78 is 0. The fraction of sp³-hybridized carbons (Fsp3) is 0.600. The van der Waals surface area contributed by atoms with Gasteiger partial charge in [0.05, 0.1) is 0 Å². The Labute approximate surface area is 115 Å². The highest BCUT2D eigenvalue weighted by Gasteiger charge is 2.28. The Morgan fingerprint density at radius 1 is 1.06 bits per heavy atom. The van der Waals surface area contributed by atoms with E-state index in [2.05, 4.69) is 21.9 Å². The summed E-state index contributed by atoms with van der Waals surface area (Å²) in [7, 11) is 0. The summed E-state index contributed by atoms with van der Waals surface area (Å²) in [4.78, 5) is 5.29. The van der Waals surface area contributed by atoms with Gasteiger partial charge in [-0.2, -0.15) is 0 Å². The zero-order chi connectivity index (χ0) is 12.4. The summed E-state index contributed by atoms with van der Waals surface area (Å²) in [5, 5.41) is 0.830. The van der Waals surface area contributed by atoms with E-state index in [4.69, 9.17) is 11.6 Å². The minimum Gasteiger partial charge on any atom is -0.299 e. The lowest BCUT2D eigenvalue weighted by Crippen LogP contribution is -2.36. The standard InChI is InChI=1S/C15H21ClN2/c16-14-6-4-13(5-7-14)11-17-8-2-10-18-9-1-3-15(18)12-17/h4-7,15H,1-3,8-12H2. The molecule has 2 fully saturated rings. The van der Waals surface area contributed by atoms with Gasteiger partial charge in [0, 0.05) is 24.2 Å². The van der Waals surface area contributed by atoms with Gasteiger partial charge in [-0.15, -0.1) is 0 Å². The predicted octanol–water partition coefficient (Wildman–Crippen LogP) is 3.01. The second kappa shape index (κ2) is 5.60. The molecule has 2 saturated heterocycles. The topological polar surface area (TPSA) is 6.48 Å². The molecule has 0 spiro atoms. The summed E-state index contributed by atoms with van der Waals surface area (Å²) in [5.41, 5.74) is 1.38. The molecule has 2 heterocycles. The van der Waals surface area contributed by atoms with Crippen molar-refractivity contribution in [3.63, 3.8) is 0 Å². The second-order valence-electron chi connectivity index (χ2n) is 5.55. The number of hydrogen-bond acceptors (Lipinski definition) is 2. The molecule has 1 aromatic rings. The fourth-order valence-corrected chi connectivity index (χ4v) is 3.40. The third kappa shape index (κ3) is 2.87. The van der Waals surface area contributed by atoms with Crippen LogP contribution in [-0.4, -0.2) is 42.0 Å². The van der Waals surface area contributed by atoms with Crippen LogP contribution in [0.5, 0.6) is 0 Å². The smallest absolute Gasteiger partial charge is 0.0406 e. The van der Waals surface area contributed by atoms with E-state index < -0.39 is 0 Å². The largest absolute Gasteiger partial charge is 0.299 e. The molecule has 2 aliphatic rings. The number of halogens is 1. The van der Waals surface area contributed by atoms with Gasteiger partial charge in [-0.1, -0.05) is 23.7 Å². The molecule has 0 aliphatic carbocycles. The van der Waals surface area contributed by atoms with Crippen LogP contribution in [0, 0.1) is 0 Å². The summed E-state index contributed by atoms with van der Waals surface area (Å²) in [6.07, 6.45) is 4.08. The first kappa shape index (κ1) is 12.5. The van der Waals surface area contributed by atoms with Crippen LogP contribution in [0.25, 0.3) is 0 Å². The Morgan fingerprint density at radius 3 is 2.67 bits per heavy atom. The molecule has 1 atom stereocenters. The number of rotatable bonds is 2. The summed E-state index contributed by atoms with van der Waals surface area (Å²) in [6.45, 7) is 6.15. The lowest BCUT2D eigenvalue weighted by molar-refractivity contribution is 0.215. The van der Waals surface area contributed by atoms with Gasteiger partial charge in [-0.3, -0.25) is 9.80 Å². The zero-order valence-electron chi connectivity index (χ0n) is 10.8. The summed E-state index contributed by atoms with van der Waals surface area (Å²) in [5.74, 6) is 0. The first-order chi connectivity index (χ1) is 8.81. The summed E-state index contributed by atoms with van der Waals surface area (Å²) >= 11 is 5.93. The molecule has 2 aliphatic heterocycles. The maximum Gasteiger partial charge on any atom is 0.0406 e. The van der Waals surface area contributed by atoms with E-state index in [0.29, 0.717) is 0 Å². The van der Waals surface area contributed by atoms with Crippen LogP contribution >= 0.6 is 11.6 Å². The molecule has 98 valence electrons. The third-order valence-electron chi connectivity index (χ3n) is 4.21. The van der Waals surface area contributed by atoms with Gasteiger partial charge in [0.1, 0.15) is 0 Å². The van der Waals surface area contributed by atoms with Crippen molar-refractivity contribution in [1.82, 2.24) is 9.80 Å². The van der Waals surface area contributed by atoms with E-state index in [1.54, 1.807) is 0 Å². The van der Waals surface area contributed by atoms with Crippen LogP contribution in [0.2, 0.25) is 5.02 Å². The van der Waals surface area contributed by atoms with E-state index >= 15 is 0 Å². The van der Waals surface area contributed by atoms with Crippen LogP contribution in [0.15, 0.2) is 24.3 Å². The van der Waals surface area contributed by atoms with Crippen LogP contribution in [0.4, 0.5) is 0 Å². The Balaban J connectivity index is 1.63. The van der Waals surface area contributed by atoms with Crippen LogP contribution in [-0.2, 0) is 6.54 Å². The van der Waals surface area contributed by atoms with Gasteiger partial charge in [-0.25, -0.2) is 0 Å². The molecular formula is C15H21ClN2. The SMILES string of the molecule is Clc1ccc(CN2CCCN3CCCC3C2)cc1. The molecule has 18 heavy (non-hydrogen) atoms. The Hall–Kier alpha value is -0.570. The second-order valence-corrected chi connectivity index (χ2v) is 5.98. The van der Waals surface area contributed by atoms with Crippen molar-refractivity contribution < 1.29 is 0 Å². The van der Waals surface area contributed by atoms with Gasteiger partial charge >= 0.3 is 0 Å². The van der Waals surface area contributed by atoms with Gasteiger partial charge in [0.15, 0.2) is 0 Å². The molecule has 0 N–H and O–H groups in total. The van der Waals surface area contributed by atoms with Crippen molar-refractivity contribution in [3.8, 4) is 0 Å². The highest BCUT2D eigenvalue weighted by molar-refractivity contribution is 6.30. The first-order valence-electron chi connectivity index (χ1n) is 7.02. The van der Waals surface area contributed by atoms with Crippen molar-refractivity contribution >= 4 is 11.6 Å². The fourth-order valence-electron chi connectivity index (χ4n) is 3.27. The van der Waals surface area contributed by atoms with Crippen molar-refractivity contribution in [3.05, 3.63) is 34.9 Å². The molecule has 2 nitrogen and oxygen atoms in total. The molecule has 0 bridgehead atoms. The Bertz CT molecular complexity index is 390. The van der Waals surface area contributed by atoms with Crippen LogP contribution in [0.3, 0.4) is 0 Å². The molecule has 0 amide bonds. The van der Waals surface area contributed by atoms with E-state index in [1.165, 1.54) is 51.0 Å². The molecule has 1 aromatic carbocycles. The van der Waals surface area contributed by atoms with Crippen molar-refractivity contribution in [2.45, 2.75) is 31.8 Å². The molecule has 0 saturated carbocycles. The van der Waals surface area contributed by atoms with Crippen LogP contribution < -0.4 is 0 Å². The normalized spacial score (nSPS) is 25.9. The van der Waals surface area contributed by atoms with Crippen molar-refractivity contribution in [1.29, 1.82) is 0 Å². The third-order valence-corrected chi connectivity index (χ3v) is 4.46. The molecule has 0 aromatic heterocycles. The van der Waals surface area contributed by atoms with E-state index in [0.717, 1.165) is 17.6 Å². The maximum atomic E-state index is 5.93. The van der Waals surface area contributed by atoms with Crippen LogP contribution in [0.1, 0.15) is 24.8 Å². The number of hydrogen-bond donors (Lipinski definition) is 0. The number of benzene rings is 1. The zero-order valence-corrected chi connectivity index (χ0v) is 11.6. The van der Waals surface area contributed by atoms with E-state index in [9.17, 15) is 0 Å². The van der Waals surface area contributed by atoms with Crippen molar-refractivity contribution in [2.24, 2.45) is 0 Å². The lowest BCUT2D eigenvalue weighted by Gasteiger charge is -2.25. The lowest BCUT2D eigenvalue weighted by atomic mass is 10.1. The highest BCUT2D eigenvalue weighted by Crippen LogP contribution is 2.22. The molecular weight excluding hydrogens is 244 g/mol. The Morgan fingerprint density at radius 2 is 1.83 bits per heavy atom. The molecule has 3 heteroatoms. The monoisotopic (exact) mass is 264 g/mol. The quantitative estimate of drug-likeness (QED) is 0.810. The Kier molecular flexibility index (Phi) is 3.88. The average Bonchev–Trinajstić information content (AvgIpc) is 2.71. The molecule has 3 rings (SSSR count). The summed E-state index contributed by atoms with van der Waals surface area (Å²) in [6, 6.07) is 9.10. The van der Waals surface area contributed by atoms with Crippen molar-refractivity contribution in [2.75, 3.05) is 26.2 Å². The highest BCUT2D eigenvalue weighted by atomic mass is 35.5. The van der Waals surface area contributed by atoms with Gasteiger partial charge in [0.25, 0.3) is 0 Å². The number of nitrogens with zero attached hydrogens (tertiary/aromatic N) is 2. The van der Waals surface area contributed by atoms with Gasteiger partial charge in [0.2, 0.25) is 0 Å². The maximum absolute atomic E-state index is 5.93. The average molecular weight is 265 g/mol. The minimum absolute atomic E-state index is 0.805. The first-order valence-corrected chi connectivity index (χ1v) is 7.40. The van der Waals surface area contributed by atoms with Gasteiger partial charge in [-0.05, 0) is 56.6 Å².